The summed E-state index contributed by atoms with van der Waals surface area (Å²) in [5, 5.41) is 15.0. The number of rotatable bonds is 11. The molecule has 1 aromatic carbocycles. The van der Waals surface area contributed by atoms with E-state index < -0.39 is 0 Å². The van der Waals surface area contributed by atoms with E-state index >= 15 is 0 Å². The van der Waals surface area contributed by atoms with Crippen LogP contribution >= 0.6 is 34.9 Å². The highest BCUT2D eigenvalue weighted by Crippen LogP contribution is 2.42. The van der Waals surface area contributed by atoms with Crippen LogP contribution in [0.3, 0.4) is 0 Å². The van der Waals surface area contributed by atoms with Gasteiger partial charge in [-0.1, -0.05) is 67.7 Å². The summed E-state index contributed by atoms with van der Waals surface area (Å²) in [7, 11) is 0. The average molecular weight is 570 g/mol. The second-order valence-electron chi connectivity index (χ2n) is 10.1. The summed E-state index contributed by atoms with van der Waals surface area (Å²) < 4.78 is 8.27. The lowest BCUT2D eigenvalue weighted by atomic mass is 9.90. The maximum absolute atomic E-state index is 12.8. The first-order valence-corrected chi connectivity index (χ1v) is 16.1. The van der Waals surface area contributed by atoms with Crippen LogP contribution in [-0.2, 0) is 29.0 Å². The molecule has 3 aromatic heterocycles. The zero-order valence-corrected chi connectivity index (χ0v) is 24.9. The van der Waals surface area contributed by atoms with Crippen molar-refractivity contribution in [2.45, 2.75) is 88.4 Å². The molecule has 2 atom stereocenters. The molecule has 0 saturated carbocycles. The van der Waals surface area contributed by atoms with Crippen molar-refractivity contribution in [1.82, 2.24) is 24.9 Å². The van der Waals surface area contributed by atoms with E-state index in [0.29, 0.717) is 11.8 Å². The number of aryl methyl sites for hydroxylation is 1. The number of fused-ring (bicyclic) bond motifs is 5. The van der Waals surface area contributed by atoms with E-state index in [1.807, 2.05) is 6.07 Å². The van der Waals surface area contributed by atoms with Crippen LogP contribution in [0.4, 0.5) is 0 Å². The van der Waals surface area contributed by atoms with Gasteiger partial charge in [0.15, 0.2) is 16.0 Å². The van der Waals surface area contributed by atoms with E-state index in [-0.39, 0.29) is 23.3 Å². The fourth-order valence-electron chi connectivity index (χ4n) is 4.67. The number of nitrogens with one attached hydrogen (secondary N) is 1. The van der Waals surface area contributed by atoms with Gasteiger partial charge in [-0.05, 0) is 50.7 Å². The second kappa shape index (κ2) is 11.9. The Hall–Kier alpha value is -2.14. The largest absolute Gasteiger partial charge is 0.369 e. The van der Waals surface area contributed by atoms with Gasteiger partial charge >= 0.3 is 0 Å². The third kappa shape index (κ3) is 5.88. The van der Waals surface area contributed by atoms with Crippen LogP contribution in [-0.4, -0.2) is 48.6 Å². The highest BCUT2D eigenvalue weighted by molar-refractivity contribution is 8.00. The predicted octanol–water partition coefficient (Wildman–Crippen LogP) is 6.31. The SMILES string of the molecule is CCCSc1nc2sc3c(c2c2nnc(SCC(=O)N[C@@H](C)CCc4ccccc4)n12)C[C@](C)(CC)OC3. The summed E-state index contributed by atoms with van der Waals surface area (Å²) in [5.74, 6) is 1.25. The van der Waals surface area contributed by atoms with Crippen molar-refractivity contribution < 1.29 is 9.53 Å². The number of hydrogen-bond donors (Lipinski definition) is 1. The monoisotopic (exact) mass is 569 g/mol. The molecule has 1 amide bonds. The van der Waals surface area contributed by atoms with Crippen LogP contribution in [0.2, 0.25) is 0 Å². The van der Waals surface area contributed by atoms with Crippen LogP contribution < -0.4 is 5.32 Å². The molecule has 4 aromatic rings. The first-order valence-electron chi connectivity index (χ1n) is 13.3. The Kier molecular flexibility index (Phi) is 8.62. The number of carbonyl (C=O) groups is 1. The van der Waals surface area contributed by atoms with Gasteiger partial charge in [0, 0.05) is 23.1 Å². The molecule has 0 spiro atoms. The molecule has 10 heteroatoms. The lowest BCUT2D eigenvalue weighted by molar-refractivity contribution is -0.119. The van der Waals surface area contributed by atoms with Crippen molar-refractivity contribution >= 4 is 56.6 Å². The third-order valence-corrected chi connectivity index (χ3v) is 10.2. The molecule has 4 heterocycles. The molecule has 1 aliphatic heterocycles. The molecular weight excluding hydrogens is 535 g/mol. The Balaban J connectivity index is 1.36. The number of aromatic nitrogens is 4. The van der Waals surface area contributed by atoms with E-state index in [9.17, 15) is 4.79 Å². The molecule has 202 valence electrons. The molecule has 0 fully saturated rings. The fraction of sp³-hybridized carbons (Fsp3) is 0.500. The molecule has 0 saturated heterocycles. The molecule has 0 bridgehead atoms. The number of nitrogens with zero attached hydrogens (tertiary/aromatic N) is 4. The number of benzene rings is 1. The van der Waals surface area contributed by atoms with Crippen LogP contribution in [0.5, 0.6) is 0 Å². The summed E-state index contributed by atoms with van der Waals surface area (Å²) in [6, 6.07) is 10.5. The van der Waals surface area contributed by atoms with E-state index in [0.717, 1.165) is 58.9 Å². The maximum atomic E-state index is 12.8. The van der Waals surface area contributed by atoms with Gasteiger partial charge in [0.2, 0.25) is 5.91 Å². The van der Waals surface area contributed by atoms with E-state index in [1.54, 1.807) is 23.1 Å². The average Bonchev–Trinajstić information content (AvgIpc) is 3.50. The van der Waals surface area contributed by atoms with E-state index in [4.69, 9.17) is 9.72 Å². The Morgan fingerprint density at radius 1 is 1.21 bits per heavy atom. The molecule has 5 rings (SSSR count). The van der Waals surface area contributed by atoms with Crippen molar-refractivity contribution in [3.63, 3.8) is 0 Å². The zero-order chi connectivity index (χ0) is 26.7. The second-order valence-corrected chi connectivity index (χ2v) is 13.2. The van der Waals surface area contributed by atoms with Crippen LogP contribution in [0.1, 0.15) is 63.0 Å². The van der Waals surface area contributed by atoms with Crippen molar-refractivity contribution in [3.8, 4) is 0 Å². The molecule has 7 nitrogen and oxygen atoms in total. The predicted molar refractivity (Wildman–Crippen MR) is 157 cm³/mol. The maximum Gasteiger partial charge on any atom is 0.230 e. The van der Waals surface area contributed by atoms with Gasteiger partial charge < -0.3 is 10.1 Å². The summed E-state index contributed by atoms with van der Waals surface area (Å²) in [4.78, 5) is 20.1. The van der Waals surface area contributed by atoms with E-state index in [2.05, 4.69) is 71.9 Å². The smallest absolute Gasteiger partial charge is 0.230 e. The van der Waals surface area contributed by atoms with Gasteiger partial charge in [-0.25, -0.2) is 9.38 Å². The Bertz CT molecular complexity index is 1420. The molecular formula is C28H35N5O2S3. The van der Waals surface area contributed by atoms with Gasteiger partial charge in [0.25, 0.3) is 0 Å². The summed E-state index contributed by atoms with van der Waals surface area (Å²) in [6.45, 7) is 9.20. The number of ether oxygens (including phenoxy) is 1. The number of hydrogen-bond acceptors (Lipinski definition) is 8. The van der Waals surface area contributed by atoms with Gasteiger partial charge in [-0.15, -0.1) is 21.5 Å². The number of carbonyl (C=O) groups excluding carboxylic acids is 1. The Morgan fingerprint density at radius 2 is 2.03 bits per heavy atom. The fourth-order valence-corrected chi connectivity index (χ4v) is 7.48. The highest BCUT2D eigenvalue weighted by Gasteiger charge is 2.33. The minimum atomic E-state index is -0.180. The van der Waals surface area contributed by atoms with Crippen LogP contribution in [0, 0.1) is 0 Å². The molecule has 1 aliphatic rings. The van der Waals surface area contributed by atoms with Gasteiger partial charge in [-0.2, -0.15) is 0 Å². The lowest BCUT2D eigenvalue weighted by Crippen LogP contribution is -2.34. The van der Waals surface area contributed by atoms with Gasteiger partial charge in [-0.3, -0.25) is 4.79 Å². The normalized spacial score (nSPS) is 18.1. The summed E-state index contributed by atoms with van der Waals surface area (Å²) >= 11 is 4.85. The molecule has 0 aliphatic carbocycles. The molecule has 1 N–H and O–H groups in total. The van der Waals surface area contributed by atoms with E-state index in [1.165, 1.54) is 27.8 Å². The standard InChI is InChI=1S/C28H35N5O2S3/c1-5-14-36-26-30-25-23(20-15-28(4,6-2)35-16-21(20)38-25)24-31-32-27(33(24)26)37-17-22(34)29-18(3)12-13-19-10-8-7-9-11-19/h7-11,18H,5-6,12-17H2,1-4H3,(H,29,34)/t18-,28-/m0/s1. The molecule has 0 unspecified atom stereocenters. The van der Waals surface area contributed by atoms with Crippen molar-refractivity contribution in [2.24, 2.45) is 0 Å². The molecule has 0 radical (unpaired) electrons. The topological polar surface area (TPSA) is 81.4 Å². The first kappa shape index (κ1) is 27.4. The third-order valence-electron chi connectivity index (χ3n) is 7.05. The quantitative estimate of drug-likeness (QED) is 0.167. The van der Waals surface area contributed by atoms with Gasteiger partial charge in [0.1, 0.15) is 4.83 Å². The van der Waals surface area contributed by atoms with Crippen molar-refractivity contribution in [1.29, 1.82) is 0 Å². The Morgan fingerprint density at radius 3 is 2.79 bits per heavy atom. The number of amides is 1. The highest BCUT2D eigenvalue weighted by atomic mass is 32.2. The van der Waals surface area contributed by atoms with Crippen LogP contribution in [0.15, 0.2) is 40.6 Å². The number of thioether (sulfide) groups is 2. The minimum absolute atomic E-state index is 0.00730. The Labute approximate surface area is 236 Å². The van der Waals surface area contributed by atoms with Crippen molar-refractivity contribution in [3.05, 3.63) is 46.3 Å². The first-order chi connectivity index (χ1) is 18.4. The summed E-state index contributed by atoms with van der Waals surface area (Å²) in [5.41, 5.74) is 3.24. The van der Waals surface area contributed by atoms with Gasteiger partial charge in [0.05, 0.1) is 23.3 Å². The molecule has 38 heavy (non-hydrogen) atoms. The van der Waals surface area contributed by atoms with Crippen molar-refractivity contribution in [2.75, 3.05) is 11.5 Å². The minimum Gasteiger partial charge on any atom is -0.369 e. The number of thiophene rings is 1. The lowest BCUT2D eigenvalue weighted by Gasteiger charge is -2.33. The summed E-state index contributed by atoms with van der Waals surface area (Å²) in [6.07, 6.45) is 4.68. The van der Waals surface area contributed by atoms with Crippen LogP contribution in [0.25, 0.3) is 15.9 Å². The zero-order valence-electron chi connectivity index (χ0n) is 22.5.